The minimum Gasteiger partial charge on any atom is -0.493 e. The number of methoxy groups -OCH3 is 1. The first-order valence-corrected chi connectivity index (χ1v) is 14.4. The summed E-state index contributed by atoms with van der Waals surface area (Å²) in [5.41, 5.74) is 7.08. The third kappa shape index (κ3) is 5.45. The summed E-state index contributed by atoms with van der Waals surface area (Å²) in [4.78, 5) is 9.29. The van der Waals surface area contributed by atoms with Crippen LogP contribution in [0.3, 0.4) is 0 Å². The van der Waals surface area contributed by atoms with Gasteiger partial charge in [0, 0.05) is 50.5 Å². The summed E-state index contributed by atoms with van der Waals surface area (Å²) in [5, 5.41) is 0. The Balaban J connectivity index is 1.31. The molecule has 3 aliphatic rings. The predicted molar refractivity (Wildman–Crippen MR) is 152 cm³/mol. The summed E-state index contributed by atoms with van der Waals surface area (Å²) in [7, 11) is 3.97. The number of ether oxygens (including phenoxy) is 2. The Labute approximate surface area is 227 Å². The Morgan fingerprint density at radius 3 is 2.37 bits per heavy atom. The van der Waals surface area contributed by atoms with Gasteiger partial charge < -0.3 is 14.4 Å². The van der Waals surface area contributed by atoms with Gasteiger partial charge >= 0.3 is 0 Å². The topological polar surface area (TPSA) is 37.8 Å². The molecule has 2 heterocycles. The fraction of sp³-hybridized carbons (Fsp3) is 0.485. The van der Waals surface area contributed by atoms with Gasteiger partial charge in [0.15, 0.2) is 11.5 Å². The lowest BCUT2D eigenvalue weighted by molar-refractivity contribution is 0.148. The van der Waals surface area contributed by atoms with Crippen LogP contribution in [0.25, 0.3) is 0 Å². The Kier molecular flexibility index (Phi) is 7.40. The molecule has 1 aliphatic heterocycles. The monoisotopic (exact) mass is 511 g/mol. The van der Waals surface area contributed by atoms with Crippen LogP contribution in [0.4, 0.5) is 0 Å². The SMILES string of the molecule is COc1ccc(C2(Cc3ccncc3)Cc3ccc(CN4CCN(C)CC4)cc3C2)cc1OC1CCCC1. The van der Waals surface area contributed by atoms with Gasteiger partial charge in [-0.2, -0.15) is 0 Å². The van der Waals surface area contributed by atoms with Crippen LogP contribution in [-0.2, 0) is 31.2 Å². The van der Waals surface area contributed by atoms with E-state index >= 15 is 0 Å². The first kappa shape index (κ1) is 25.4. The Morgan fingerprint density at radius 1 is 0.842 bits per heavy atom. The minimum atomic E-state index is -0.0177. The maximum Gasteiger partial charge on any atom is 0.161 e. The lowest BCUT2D eigenvalue weighted by Crippen LogP contribution is -2.43. The van der Waals surface area contributed by atoms with Crippen molar-refractivity contribution in [2.24, 2.45) is 0 Å². The van der Waals surface area contributed by atoms with Gasteiger partial charge in [0.25, 0.3) is 0 Å². The van der Waals surface area contributed by atoms with Gasteiger partial charge in [0.05, 0.1) is 13.2 Å². The minimum absolute atomic E-state index is 0.0177. The standard InChI is InChI=1S/C33H41N3O2/c1-35-15-17-36(18-16-35)24-26-7-8-27-22-33(23-28(27)19-26,21-25-11-13-34-14-12-25)29-9-10-31(37-2)32(20-29)38-30-5-3-4-6-30/h7-14,19-20,30H,3-6,15-18,21-24H2,1-2H3. The largest absolute Gasteiger partial charge is 0.493 e. The zero-order valence-electron chi connectivity index (χ0n) is 23.0. The molecule has 0 amide bonds. The van der Waals surface area contributed by atoms with E-state index in [1.807, 2.05) is 12.4 Å². The van der Waals surface area contributed by atoms with E-state index in [0.717, 1.165) is 76.3 Å². The number of aromatic nitrogens is 1. The van der Waals surface area contributed by atoms with Crippen LogP contribution in [0.1, 0.15) is 53.5 Å². The fourth-order valence-corrected chi connectivity index (χ4v) is 6.78. The molecule has 38 heavy (non-hydrogen) atoms. The highest BCUT2D eigenvalue weighted by Crippen LogP contribution is 2.45. The second-order valence-electron chi connectivity index (χ2n) is 11.7. The number of rotatable bonds is 8. The summed E-state index contributed by atoms with van der Waals surface area (Å²) < 4.78 is 12.3. The Hall–Kier alpha value is -2.89. The van der Waals surface area contributed by atoms with Crippen molar-refractivity contribution in [2.75, 3.05) is 40.3 Å². The molecule has 0 N–H and O–H groups in total. The number of fused-ring (bicyclic) bond motifs is 1. The summed E-state index contributed by atoms with van der Waals surface area (Å²) >= 11 is 0. The molecule has 0 radical (unpaired) electrons. The maximum atomic E-state index is 6.54. The van der Waals surface area contributed by atoms with Gasteiger partial charge in [-0.1, -0.05) is 24.3 Å². The molecule has 0 bridgehead atoms. The van der Waals surface area contributed by atoms with Crippen LogP contribution < -0.4 is 9.47 Å². The summed E-state index contributed by atoms with van der Waals surface area (Å²) in [6.07, 6.45) is 12.0. The zero-order chi connectivity index (χ0) is 26.0. The molecule has 5 heteroatoms. The van der Waals surface area contributed by atoms with Gasteiger partial charge in [-0.25, -0.2) is 0 Å². The lowest BCUT2D eigenvalue weighted by atomic mass is 9.73. The summed E-state index contributed by atoms with van der Waals surface area (Å²) in [6, 6.07) is 18.3. The quantitative estimate of drug-likeness (QED) is 0.403. The van der Waals surface area contributed by atoms with Crippen LogP contribution in [0.2, 0.25) is 0 Å². The van der Waals surface area contributed by atoms with Crippen molar-refractivity contribution in [1.82, 2.24) is 14.8 Å². The Bertz CT molecular complexity index is 1230. The van der Waals surface area contributed by atoms with E-state index in [1.165, 1.54) is 40.7 Å². The van der Waals surface area contributed by atoms with Crippen LogP contribution in [0, 0.1) is 0 Å². The third-order valence-electron chi connectivity index (χ3n) is 8.99. The smallest absolute Gasteiger partial charge is 0.161 e. The molecule has 0 spiro atoms. The Morgan fingerprint density at radius 2 is 1.61 bits per heavy atom. The van der Waals surface area contributed by atoms with Crippen molar-refractivity contribution in [1.29, 1.82) is 0 Å². The molecule has 1 unspecified atom stereocenters. The van der Waals surface area contributed by atoms with Crippen molar-refractivity contribution in [2.45, 2.75) is 63.0 Å². The van der Waals surface area contributed by atoms with E-state index in [0.29, 0.717) is 6.10 Å². The normalized spacial score (nSPS) is 22.5. The zero-order valence-corrected chi connectivity index (χ0v) is 23.0. The maximum absolute atomic E-state index is 6.54. The highest BCUT2D eigenvalue weighted by atomic mass is 16.5. The molecule has 1 saturated heterocycles. The average molecular weight is 512 g/mol. The molecule has 2 aromatic carbocycles. The van der Waals surface area contributed by atoms with E-state index in [1.54, 1.807) is 7.11 Å². The van der Waals surface area contributed by atoms with E-state index < -0.39 is 0 Å². The number of nitrogens with zero attached hydrogens (tertiary/aromatic N) is 3. The molecule has 3 aromatic rings. The molecule has 6 rings (SSSR count). The first-order chi connectivity index (χ1) is 18.6. The molecule has 200 valence electrons. The van der Waals surface area contributed by atoms with Gasteiger partial charge in [-0.15, -0.1) is 0 Å². The number of benzene rings is 2. The highest BCUT2D eigenvalue weighted by Gasteiger charge is 2.40. The number of pyridine rings is 1. The van der Waals surface area contributed by atoms with Gasteiger partial charge in [0.2, 0.25) is 0 Å². The molecular formula is C33H41N3O2. The van der Waals surface area contributed by atoms with Crippen molar-refractivity contribution in [3.8, 4) is 11.5 Å². The second kappa shape index (κ2) is 11.1. The number of likely N-dealkylation sites (N-methyl/N-ethyl adjacent to an activating group) is 1. The van der Waals surface area contributed by atoms with Crippen molar-refractivity contribution < 1.29 is 9.47 Å². The van der Waals surface area contributed by atoms with E-state index in [9.17, 15) is 0 Å². The number of hydrogen-bond donors (Lipinski definition) is 0. The molecule has 1 atom stereocenters. The molecule has 5 nitrogen and oxygen atoms in total. The highest BCUT2D eigenvalue weighted by molar-refractivity contribution is 5.50. The van der Waals surface area contributed by atoms with Crippen LogP contribution in [0.5, 0.6) is 11.5 Å². The number of hydrogen-bond acceptors (Lipinski definition) is 5. The predicted octanol–water partition coefficient (Wildman–Crippen LogP) is 5.44. The van der Waals surface area contributed by atoms with Crippen molar-refractivity contribution in [3.05, 3.63) is 88.7 Å². The molecule has 2 fully saturated rings. The molecule has 2 aliphatic carbocycles. The first-order valence-electron chi connectivity index (χ1n) is 14.4. The van der Waals surface area contributed by atoms with E-state index in [-0.39, 0.29) is 5.41 Å². The molecule has 1 aromatic heterocycles. The van der Waals surface area contributed by atoms with Gasteiger partial charge in [-0.3, -0.25) is 9.88 Å². The van der Waals surface area contributed by atoms with Crippen molar-refractivity contribution in [3.63, 3.8) is 0 Å². The number of piperazine rings is 1. The van der Waals surface area contributed by atoms with E-state index in [4.69, 9.17) is 9.47 Å². The lowest BCUT2D eigenvalue weighted by Gasteiger charge is -2.32. The average Bonchev–Trinajstić information content (AvgIpc) is 3.58. The molecular weight excluding hydrogens is 470 g/mol. The third-order valence-corrected chi connectivity index (χ3v) is 8.99. The second-order valence-corrected chi connectivity index (χ2v) is 11.7. The van der Waals surface area contributed by atoms with Gasteiger partial charge in [0.1, 0.15) is 0 Å². The fourth-order valence-electron chi connectivity index (χ4n) is 6.78. The van der Waals surface area contributed by atoms with Crippen LogP contribution >= 0.6 is 0 Å². The molecule has 1 saturated carbocycles. The van der Waals surface area contributed by atoms with Crippen LogP contribution in [0.15, 0.2) is 60.9 Å². The summed E-state index contributed by atoms with van der Waals surface area (Å²) in [5.74, 6) is 1.74. The van der Waals surface area contributed by atoms with E-state index in [2.05, 4.69) is 70.4 Å². The van der Waals surface area contributed by atoms with Crippen LogP contribution in [-0.4, -0.2) is 61.2 Å². The summed E-state index contributed by atoms with van der Waals surface area (Å²) in [6.45, 7) is 5.65. The van der Waals surface area contributed by atoms with Gasteiger partial charge in [-0.05, 0) is 104 Å². The van der Waals surface area contributed by atoms with Crippen molar-refractivity contribution >= 4 is 0 Å².